The van der Waals surface area contributed by atoms with E-state index >= 15 is 0 Å². The fourth-order valence-electron chi connectivity index (χ4n) is 1.35. The molecule has 0 bridgehead atoms. The number of amides is 1. The number of rotatable bonds is 4. The highest BCUT2D eigenvalue weighted by Crippen LogP contribution is 2.21. The summed E-state index contributed by atoms with van der Waals surface area (Å²) in [6.45, 7) is 1.08. The maximum absolute atomic E-state index is 13.2. The van der Waals surface area contributed by atoms with E-state index in [4.69, 9.17) is 5.73 Å². The zero-order valence-electron chi connectivity index (χ0n) is 10.9. The summed E-state index contributed by atoms with van der Waals surface area (Å²) in [4.78, 5) is 12.5. The Balaban J connectivity index is 3.01. The molecule has 0 aromatic heterocycles. The average molecular weight is 289 g/mol. The molecule has 6 nitrogen and oxygen atoms in total. The number of hydrogen-bond acceptors (Lipinski definition) is 4. The average Bonchev–Trinajstić information content (AvgIpc) is 2.30. The first-order chi connectivity index (χ1) is 8.65. The third-order valence-corrected chi connectivity index (χ3v) is 4.04. The van der Waals surface area contributed by atoms with Crippen molar-refractivity contribution in [2.24, 2.45) is 0 Å². The number of hydrogen-bond donors (Lipinski definition) is 2. The predicted octanol–water partition coefficient (Wildman–Crippen LogP) is 0.0828. The van der Waals surface area contributed by atoms with Crippen LogP contribution in [0.25, 0.3) is 0 Å². The van der Waals surface area contributed by atoms with E-state index in [0.717, 1.165) is 12.1 Å². The normalized spacial score (nSPS) is 11.4. The Kier molecular flexibility index (Phi) is 4.48. The van der Waals surface area contributed by atoms with E-state index in [1.807, 2.05) is 0 Å². The Hall–Kier alpha value is -1.67. The second-order valence-electron chi connectivity index (χ2n) is 4.25. The molecule has 0 unspecified atom stereocenters. The van der Waals surface area contributed by atoms with Crippen molar-refractivity contribution < 1.29 is 17.6 Å². The first-order valence-corrected chi connectivity index (χ1v) is 6.89. The number of nitrogen functional groups attached to an aromatic ring is 1. The third-order valence-electron chi connectivity index (χ3n) is 2.50. The Bertz CT molecular complexity index is 599. The van der Waals surface area contributed by atoms with Crippen molar-refractivity contribution in [2.75, 3.05) is 26.4 Å². The number of benzene rings is 1. The molecule has 8 heteroatoms. The second kappa shape index (κ2) is 5.54. The van der Waals surface area contributed by atoms with Gasteiger partial charge >= 0.3 is 0 Å². The summed E-state index contributed by atoms with van der Waals surface area (Å²) in [6.07, 6.45) is 0. The summed E-state index contributed by atoms with van der Waals surface area (Å²) in [7, 11) is -0.880. The van der Waals surface area contributed by atoms with E-state index in [9.17, 15) is 17.6 Å². The maximum Gasteiger partial charge on any atom is 0.241 e. The number of halogens is 1. The van der Waals surface area contributed by atoms with Gasteiger partial charge in [-0.1, -0.05) is 0 Å². The van der Waals surface area contributed by atoms with Gasteiger partial charge in [0.05, 0.1) is 17.1 Å². The number of carbonyl (C=O) groups is 1. The van der Waals surface area contributed by atoms with E-state index in [-0.39, 0.29) is 22.7 Å². The van der Waals surface area contributed by atoms with Gasteiger partial charge in [0.25, 0.3) is 0 Å². The lowest BCUT2D eigenvalue weighted by Crippen LogP contribution is -2.36. The molecule has 0 spiro atoms. The molecule has 3 N–H and O–H groups in total. The minimum Gasteiger partial charge on any atom is -0.396 e. The van der Waals surface area contributed by atoms with Crippen molar-refractivity contribution in [3.05, 3.63) is 23.5 Å². The van der Waals surface area contributed by atoms with Crippen LogP contribution >= 0.6 is 0 Å². The topological polar surface area (TPSA) is 92.5 Å². The SMILES string of the molecule is Cc1cc(F)c(N)cc1S(=O)(=O)NCC(=O)N(C)C. The minimum absolute atomic E-state index is 0.141. The number of sulfonamides is 1. The van der Waals surface area contributed by atoms with Crippen LogP contribution in [0, 0.1) is 12.7 Å². The molecule has 0 atom stereocenters. The molecule has 106 valence electrons. The van der Waals surface area contributed by atoms with E-state index in [1.165, 1.54) is 25.9 Å². The molecule has 0 heterocycles. The van der Waals surface area contributed by atoms with Gasteiger partial charge in [0, 0.05) is 14.1 Å². The van der Waals surface area contributed by atoms with Crippen LogP contribution in [0.15, 0.2) is 17.0 Å². The number of carbonyl (C=O) groups excluding carboxylic acids is 1. The largest absolute Gasteiger partial charge is 0.396 e. The summed E-state index contributed by atoms with van der Waals surface area (Å²) in [5, 5.41) is 0. The monoisotopic (exact) mass is 289 g/mol. The first-order valence-electron chi connectivity index (χ1n) is 5.40. The third kappa shape index (κ3) is 3.65. The van der Waals surface area contributed by atoms with Crippen LogP contribution in [0.5, 0.6) is 0 Å². The number of likely N-dealkylation sites (N-methyl/N-ethyl adjacent to an activating group) is 1. The van der Waals surface area contributed by atoms with E-state index in [0.29, 0.717) is 0 Å². The number of anilines is 1. The molecule has 1 aromatic carbocycles. The molecule has 0 aliphatic carbocycles. The van der Waals surface area contributed by atoms with Crippen molar-refractivity contribution >= 4 is 21.6 Å². The predicted molar refractivity (Wildman–Crippen MR) is 69.4 cm³/mol. The number of nitrogens with two attached hydrogens (primary N) is 1. The summed E-state index contributed by atoms with van der Waals surface area (Å²) >= 11 is 0. The summed E-state index contributed by atoms with van der Waals surface area (Å²) in [5.41, 5.74) is 5.31. The summed E-state index contributed by atoms with van der Waals surface area (Å²) < 4.78 is 39.3. The smallest absolute Gasteiger partial charge is 0.241 e. The van der Waals surface area contributed by atoms with Crippen molar-refractivity contribution in [2.45, 2.75) is 11.8 Å². The molecule has 0 radical (unpaired) electrons. The fourth-order valence-corrected chi connectivity index (χ4v) is 2.58. The molecule has 19 heavy (non-hydrogen) atoms. The van der Waals surface area contributed by atoms with E-state index in [1.54, 1.807) is 0 Å². The highest BCUT2D eigenvalue weighted by molar-refractivity contribution is 7.89. The van der Waals surface area contributed by atoms with Gasteiger partial charge in [-0.2, -0.15) is 0 Å². The van der Waals surface area contributed by atoms with Crippen LogP contribution in [0.2, 0.25) is 0 Å². The number of nitrogens with one attached hydrogen (secondary N) is 1. The number of aryl methyl sites for hydroxylation is 1. The van der Waals surface area contributed by atoms with Crippen LogP contribution in [0.4, 0.5) is 10.1 Å². The second-order valence-corrected chi connectivity index (χ2v) is 5.99. The number of nitrogens with zero attached hydrogens (tertiary/aromatic N) is 1. The quantitative estimate of drug-likeness (QED) is 0.768. The minimum atomic E-state index is -3.90. The summed E-state index contributed by atoms with van der Waals surface area (Å²) in [5.74, 6) is -1.07. The van der Waals surface area contributed by atoms with Gasteiger partial charge in [0.15, 0.2) is 0 Å². The standard InChI is InChI=1S/C11H16FN3O3S/c1-7-4-8(12)9(13)5-10(7)19(17,18)14-6-11(16)15(2)3/h4-5,14H,6,13H2,1-3H3. The van der Waals surface area contributed by atoms with Crippen molar-refractivity contribution in [1.29, 1.82) is 0 Å². The summed E-state index contributed by atoms with van der Waals surface area (Å²) in [6, 6.07) is 2.07. The lowest BCUT2D eigenvalue weighted by molar-refractivity contribution is -0.127. The van der Waals surface area contributed by atoms with Gasteiger partial charge < -0.3 is 10.6 Å². The molecule has 0 saturated heterocycles. The molecule has 0 fully saturated rings. The lowest BCUT2D eigenvalue weighted by atomic mass is 10.2. The molecular formula is C11H16FN3O3S. The Labute approximate surface area is 111 Å². The van der Waals surface area contributed by atoms with Gasteiger partial charge in [0.1, 0.15) is 5.82 Å². The molecular weight excluding hydrogens is 273 g/mol. The maximum atomic E-state index is 13.2. The van der Waals surface area contributed by atoms with Crippen LogP contribution in [0.1, 0.15) is 5.56 Å². The van der Waals surface area contributed by atoms with Crippen molar-refractivity contribution in [1.82, 2.24) is 9.62 Å². The van der Waals surface area contributed by atoms with Gasteiger partial charge in [-0.25, -0.2) is 17.5 Å². The Morgan fingerprint density at radius 3 is 2.53 bits per heavy atom. The zero-order chi connectivity index (χ0) is 14.8. The molecule has 0 saturated carbocycles. The van der Waals surface area contributed by atoms with Gasteiger partial charge in [0.2, 0.25) is 15.9 Å². The van der Waals surface area contributed by atoms with Gasteiger partial charge in [-0.05, 0) is 24.6 Å². The van der Waals surface area contributed by atoms with Crippen LogP contribution < -0.4 is 10.5 Å². The molecule has 1 amide bonds. The molecule has 1 rings (SSSR count). The van der Waals surface area contributed by atoms with Crippen LogP contribution in [0.3, 0.4) is 0 Å². The Morgan fingerprint density at radius 1 is 1.42 bits per heavy atom. The highest BCUT2D eigenvalue weighted by Gasteiger charge is 2.20. The fraction of sp³-hybridized carbons (Fsp3) is 0.364. The van der Waals surface area contributed by atoms with Crippen molar-refractivity contribution in [3.63, 3.8) is 0 Å². The molecule has 1 aromatic rings. The van der Waals surface area contributed by atoms with Crippen molar-refractivity contribution in [3.8, 4) is 0 Å². The van der Waals surface area contributed by atoms with E-state index < -0.39 is 21.7 Å². The highest BCUT2D eigenvalue weighted by atomic mass is 32.2. The molecule has 0 aliphatic heterocycles. The lowest BCUT2D eigenvalue weighted by Gasteiger charge is -2.13. The van der Waals surface area contributed by atoms with Crippen LogP contribution in [-0.4, -0.2) is 39.9 Å². The van der Waals surface area contributed by atoms with Gasteiger partial charge in [-0.15, -0.1) is 0 Å². The first kappa shape index (κ1) is 15.4. The van der Waals surface area contributed by atoms with E-state index in [2.05, 4.69) is 4.72 Å². The zero-order valence-corrected chi connectivity index (χ0v) is 11.7. The molecule has 0 aliphatic rings. The van der Waals surface area contributed by atoms with Gasteiger partial charge in [-0.3, -0.25) is 4.79 Å². The van der Waals surface area contributed by atoms with Crippen LogP contribution in [-0.2, 0) is 14.8 Å². The Morgan fingerprint density at radius 2 is 2.00 bits per heavy atom.